The average molecular weight is 1400 g/mol. The molecule has 3 aliphatic carbocycles. The Bertz CT molecular complexity index is 5530. The Morgan fingerprint density at radius 2 is 0.896 bits per heavy atom. The van der Waals surface area contributed by atoms with Gasteiger partial charge >= 0.3 is 12.2 Å². The molecule has 0 aliphatic heterocycles. The number of hydrogen-bond acceptors (Lipinski definition) is 0. The highest BCUT2D eigenvalue weighted by Crippen LogP contribution is 2.50. The van der Waals surface area contributed by atoms with Crippen LogP contribution < -0.4 is 0 Å². The van der Waals surface area contributed by atoms with Gasteiger partial charge in [-0.2, -0.15) is 17.6 Å². The summed E-state index contributed by atoms with van der Waals surface area (Å²) in [6.07, 6.45) is 23.9. The van der Waals surface area contributed by atoms with E-state index in [2.05, 4.69) is 264 Å². The second-order valence-corrected chi connectivity index (χ2v) is 28.9. The Hall–Kier alpha value is -11.2. The molecule has 3 aliphatic rings. The number of benzene rings is 11. The van der Waals surface area contributed by atoms with Crippen molar-refractivity contribution in [2.45, 2.75) is 103 Å². The van der Waals surface area contributed by atoms with Gasteiger partial charge in [0.2, 0.25) is 0 Å². The molecule has 2 atom stereocenters. The molecule has 11 aromatic carbocycles. The standard InChI is InChI=1S/C98H82F6N2/c99-89(97(101)102)53-67-45-41-65(42-46-67)25-9-1-3-11-35-75-63-93-95(85-39-23-21-37-83(75)85)87-61-73(49-51-91(87)105(93)81-57-77(69-27-13-5-14-28-69)55-78(58-81)70-29-15-6-16-30-70)74-50-52-92-88(62-74)96-86-40-24-22-38-84(86)76(36-12-4-2-10-26-66-43-47-68(48-44-66)54-90(100)98(103)104)64-94(96)106(92)82-59-79(71-31-17-7-18-32-71)56-80(60-82)72-33-19-8-20-34-72/h5-8,13-24,27-34,37,39-41,43-52,55-65,84H,1-4,9-12,25-26,35-36,38,42,53-54H2. The molecule has 0 bridgehead atoms. The smallest absolute Gasteiger partial charge is 0.301 e. The lowest BCUT2D eigenvalue weighted by molar-refractivity contribution is 0.374. The van der Waals surface area contributed by atoms with Gasteiger partial charge < -0.3 is 9.13 Å². The van der Waals surface area contributed by atoms with Gasteiger partial charge in [0.15, 0.2) is 11.7 Å². The lowest BCUT2D eigenvalue weighted by Gasteiger charge is -2.30. The average Bonchev–Trinajstić information content (AvgIpc) is 1.56. The minimum absolute atomic E-state index is 0.226. The van der Waals surface area contributed by atoms with Crippen molar-refractivity contribution < 1.29 is 26.3 Å². The first kappa shape index (κ1) is 69.2. The zero-order valence-electron chi connectivity index (χ0n) is 59.3. The Morgan fingerprint density at radius 1 is 0.387 bits per heavy atom. The van der Waals surface area contributed by atoms with E-state index in [1.165, 1.54) is 60.4 Å². The second kappa shape index (κ2) is 31.2. The third-order valence-electron chi connectivity index (χ3n) is 22.1. The topological polar surface area (TPSA) is 9.86 Å². The predicted molar refractivity (Wildman–Crippen MR) is 430 cm³/mol. The molecule has 0 amide bonds. The molecule has 2 heterocycles. The van der Waals surface area contributed by atoms with Gasteiger partial charge in [0.05, 0.1) is 22.2 Å². The van der Waals surface area contributed by atoms with E-state index >= 15 is 0 Å². The van der Waals surface area contributed by atoms with Gasteiger partial charge in [-0.1, -0.05) is 256 Å². The molecule has 13 aromatic rings. The van der Waals surface area contributed by atoms with Crippen molar-refractivity contribution in [2.24, 2.45) is 11.8 Å². The van der Waals surface area contributed by atoms with Crippen molar-refractivity contribution in [3.05, 3.63) is 348 Å². The highest BCUT2D eigenvalue weighted by molar-refractivity contribution is 6.23. The number of rotatable bonds is 25. The number of aryl methyl sites for hydroxylation is 2. The number of allylic oxidation sites excluding steroid dienone is 11. The molecule has 526 valence electrons. The van der Waals surface area contributed by atoms with Crippen LogP contribution in [0.15, 0.2) is 320 Å². The molecule has 16 rings (SSSR count). The van der Waals surface area contributed by atoms with Crippen LogP contribution in [-0.2, 0) is 19.3 Å². The zero-order chi connectivity index (χ0) is 72.0. The number of aromatic nitrogens is 2. The lowest BCUT2D eigenvalue weighted by atomic mass is 9.75. The molecular weight excluding hydrogens is 1320 g/mol. The summed E-state index contributed by atoms with van der Waals surface area (Å²) >= 11 is 0. The van der Waals surface area contributed by atoms with E-state index in [4.69, 9.17) is 0 Å². The minimum atomic E-state index is -2.26. The van der Waals surface area contributed by atoms with Crippen molar-refractivity contribution >= 4 is 55.1 Å². The van der Waals surface area contributed by atoms with Crippen LogP contribution in [0.25, 0.3) is 122 Å². The largest absolute Gasteiger partial charge is 0.309 e. The first-order chi connectivity index (χ1) is 52.0. The first-order valence-corrected chi connectivity index (χ1v) is 37.7. The van der Waals surface area contributed by atoms with Crippen molar-refractivity contribution in [1.29, 1.82) is 0 Å². The van der Waals surface area contributed by atoms with Gasteiger partial charge in [0, 0.05) is 51.9 Å². The SMILES string of the molecule is FC(F)=C(F)CC1=CCC(CCCCCCc2cc3c(c4ccccc24)c2cc(-c4ccc5c(c4)c4c(n5-c5cc(-c6ccccc6)cc(-c6ccccc6)c5)C=C(CCCCCCc5ccc(CC(F)=C(F)F)cc5)C5CC=CC=C45)ccc2n3-c2cc(-c3ccccc3)cc(-c3ccccc3)c2)C=C1. The van der Waals surface area contributed by atoms with Crippen molar-refractivity contribution in [3.63, 3.8) is 0 Å². The van der Waals surface area contributed by atoms with Crippen LogP contribution in [0.3, 0.4) is 0 Å². The van der Waals surface area contributed by atoms with Crippen molar-refractivity contribution in [1.82, 2.24) is 9.13 Å². The summed E-state index contributed by atoms with van der Waals surface area (Å²) in [5.41, 5.74) is 26.0. The minimum Gasteiger partial charge on any atom is -0.309 e. The maximum atomic E-state index is 13.7. The summed E-state index contributed by atoms with van der Waals surface area (Å²) in [5.74, 6) is -2.18. The van der Waals surface area contributed by atoms with E-state index in [1.807, 2.05) is 24.3 Å². The van der Waals surface area contributed by atoms with Crippen molar-refractivity contribution in [3.8, 4) is 67.0 Å². The lowest BCUT2D eigenvalue weighted by Crippen LogP contribution is -2.14. The first-order valence-electron chi connectivity index (χ1n) is 37.7. The molecule has 2 unspecified atom stereocenters. The highest BCUT2D eigenvalue weighted by Gasteiger charge is 2.33. The summed E-state index contributed by atoms with van der Waals surface area (Å²) in [6.45, 7) is 0. The molecule has 8 heteroatoms. The summed E-state index contributed by atoms with van der Waals surface area (Å²) < 4.78 is 84.0. The van der Waals surface area contributed by atoms with Gasteiger partial charge in [0.1, 0.15) is 0 Å². The predicted octanol–water partition coefficient (Wildman–Crippen LogP) is 28.8. The number of unbranched alkanes of at least 4 members (excludes halogenated alkanes) is 6. The summed E-state index contributed by atoms with van der Waals surface area (Å²) in [5, 5.41) is 6.11. The van der Waals surface area contributed by atoms with Crippen LogP contribution in [-0.4, -0.2) is 9.13 Å². The van der Waals surface area contributed by atoms with Crippen LogP contribution in [0.4, 0.5) is 26.3 Å². The van der Waals surface area contributed by atoms with Gasteiger partial charge in [-0.05, 0) is 231 Å². The van der Waals surface area contributed by atoms with Crippen LogP contribution in [0.2, 0.25) is 0 Å². The van der Waals surface area contributed by atoms with Gasteiger partial charge in [0.25, 0.3) is 0 Å². The quantitative estimate of drug-likeness (QED) is 0.0399. The van der Waals surface area contributed by atoms with Crippen LogP contribution in [0, 0.1) is 11.8 Å². The molecule has 0 radical (unpaired) electrons. The maximum Gasteiger partial charge on any atom is 0.301 e. The van der Waals surface area contributed by atoms with Gasteiger partial charge in [-0.15, -0.1) is 0 Å². The highest BCUT2D eigenvalue weighted by atomic mass is 19.3. The molecule has 0 spiro atoms. The number of halogens is 6. The molecule has 2 nitrogen and oxygen atoms in total. The number of nitrogens with zero attached hydrogens (tertiary/aromatic N) is 2. The summed E-state index contributed by atoms with van der Waals surface area (Å²) in [7, 11) is 0. The second-order valence-electron chi connectivity index (χ2n) is 28.9. The van der Waals surface area contributed by atoms with E-state index in [1.54, 1.807) is 12.1 Å². The molecule has 2 aromatic heterocycles. The fourth-order valence-corrected chi connectivity index (χ4v) is 16.7. The molecule has 0 saturated heterocycles. The number of fused-ring (bicyclic) bond motifs is 10. The third-order valence-corrected chi connectivity index (χ3v) is 22.1. The van der Waals surface area contributed by atoms with Gasteiger partial charge in [-0.3, -0.25) is 0 Å². The zero-order valence-corrected chi connectivity index (χ0v) is 59.3. The van der Waals surface area contributed by atoms with Crippen LogP contribution >= 0.6 is 0 Å². The molecular formula is C98H82F6N2. The monoisotopic (exact) mass is 1400 g/mol. The number of hydrogen-bond donors (Lipinski definition) is 0. The third kappa shape index (κ3) is 14.7. The van der Waals surface area contributed by atoms with Crippen molar-refractivity contribution in [2.75, 3.05) is 0 Å². The van der Waals surface area contributed by atoms with Crippen LogP contribution in [0.5, 0.6) is 0 Å². The van der Waals surface area contributed by atoms with Crippen LogP contribution in [0.1, 0.15) is 111 Å². The Morgan fingerprint density at radius 3 is 1.47 bits per heavy atom. The molecule has 106 heavy (non-hydrogen) atoms. The van der Waals surface area contributed by atoms with Gasteiger partial charge in [-0.25, -0.2) is 8.78 Å². The summed E-state index contributed by atoms with van der Waals surface area (Å²) in [6, 6.07) is 90.2. The van der Waals surface area contributed by atoms with E-state index in [0.29, 0.717) is 17.1 Å². The van der Waals surface area contributed by atoms with E-state index in [-0.39, 0.29) is 12.3 Å². The fourth-order valence-electron chi connectivity index (χ4n) is 16.7. The molecule has 0 saturated carbocycles. The summed E-state index contributed by atoms with van der Waals surface area (Å²) in [4.78, 5) is 0. The molecule has 0 fully saturated rings. The maximum absolute atomic E-state index is 13.7. The Balaban J connectivity index is 0.792. The fraction of sp³-hybridized carbons (Fsp3) is 0.184. The van der Waals surface area contributed by atoms with E-state index in [9.17, 15) is 26.3 Å². The normalized spacial score (nSPS) is 14.7. The Kier molecular flexibility index (Phi) is 20.4. The molecule has 0 N–H and O–H groups in total. The van der Waals surface area contributed by atoms with E-state index < -0.39 is 30.2 Å². The Labute approximate surface area is 616 Å². The van der Waals surface area contributed by atoms with E-state index in [0.717, 1.165) is 173 Å².